The van der Waals surface area contributed by atoms with Crippen LogP contribution in [0, 0.1) is 6.92 Å². The van der Waals surface area contributed by atoms with Crippen LogP contribution in [0.4, 0.5) is 5.69 Å². The lowest BCUT2D eigenvalue weighted by atomic mass is 9.99. The molecular formula is C27H26N2O2S. The van der Waals surface area contributed by atoms with E-state index in [0.29, 0.717) is 18.7 Å². The van der Waals surface area contributed by atoms with Crippen LogP contribution < -0.4 is 5.32 Å². The van der Waals surface area contributed by atoms with Crippen LogP contribution in [0.25, 0.3) is 5.57 Å². The van der Waals surface area contributed by atoms with Crippen LogP contribution in [0.15, 0.2) is 89.8 Å². The Morgan fingerprint density at radius 1 is 0.938 bits per heavy atom. The Labute approximate surface area is 193 Å². The van der Waals surface area contributed by atoms with Gasteiger partial charge in [-0.3, -0.25) is 9.59 Å². The minimum Gasteiger partial charge on any atom is -0.335 e. The molecular weight excluding hydrogens is 416 g/mol. The van der Waals surface area contributed by atoms with E-state index in [0.717, 1.165) is 22.6 Å². The van der Waals surface area contributed by atoms with Gasteiger partial charge in [-0.15, -0.1) is 11.8 Å². The molecule has 0 fully saturated rings. The molecule has 32 heavy (non-hydrogen) atoms. The lowest BCUT2D eigenvalue weighted by Gasteiger charge is -2.27. The van der Waals surface area contributed by atoms with Gasteiger partial charge in [0.15, 0.2) is 0 Å². The van der Waals surface area contributed by atoms with E-state index in [1.165, 1.54) is 22.9 Å². The third-order valence-corrected chi connectivity index (χ3v) is 6.53. The maximum atomic E-state index is 13.2. The Balaban J connectivity index is 1.38. The second kappa shape index (κ2) is 10.3. The molecule has 1 N–H and O–H groups in total. The zero-order valence-electron chi connectivity index (χ0n) is 18.1. The normalized spacial score (nSPS) is 13.4. The summed E-state index contributed by atoms with van der Waals surface area (Å²) in [6.45, 7) is 3.29. The van der Waals surface area contributed by atoms with Crippen LogP contribution in [-0.4, -0.2) is 35.6 Å². The number of rotatable bonds is 6. The quantitative estimate of drug-likeness (QED) is 0.502. The summed E-state index contributed by atoms with van der Waals surface area (Å²) < 4.78 is 0. The highest BCUT2D eigenvalue weighted by molar-refractivity contribution is 8.00. The van der Waals surface area contributed by atoms with Crippen molar-refractivity contribution in [2.24, 2.45) is 0 Å². The second-order valence-electron chi connectivity index (χ2n) is 7.80. The predicted molar refractivity (Wildman–Crippen MR) is 132 cm³/mol. The average molecular weight is 443 g/mol. The summed E-state index contributed by atoms with van der Waals surface area (Å²) in [6.07, 6.45) is 2.98. The van der Waals surface area contributed by atoms with Crippen LogP contribution in [0.5, 0.6) is 0 Å². The van der Waals surface area contributed by atoms with Gasteiger partial charge in [0.2, 0.25) is 5.91 Å². The zero-order valence-corrected chi connectivity index (χ0v) is 18.9. The van der Waals surface area contributed by atoms with Crippen molar-refractivity contribution in [2.45, 2.75) is 18.2 Å². The van der Waals surface area contributed by atoms with Crippen LogP contribution in [0.2, 0.25) is 0 Å². The number of benzene rings is 3. The summed E-state index contributed by atoms with van der Waals surface area (Å²) in [5, 5.41) is 2.91. The fourth-order valence-electron chi connectivity index (χ4n) is 3.68. The van der Waals surface area contributed by atoms with Crippen molar-refractivity contribution in [1.29, 1.82) is 0 Å². The van der Waals surface area contributed by atoms with Crippen molar-refractivity contribution in [3.05, 3.63) is 102 Å². The van der Waals surface area contributed by atoms with Gasteiger partial charge in [-0.2, -0.15) is 0 Å². The first-order valence-corrected chi connectivity index (χ1v) is 11.7. The number of carbonyl (C=O) groups is 2. The molecule has 0 saturated carbocycles. The number of nitrogens with one attached hydrogen (secondary N) is 1. The summed E-state index contributed by atoms with van der Waals surface area (Å²) >= 11 is 1.39. The highest BCUT2D eigenvalue weighted by atomic mass is 32.2. The molecule has 0 bridgehead atoms. The second-order valence-corrected chi connectivity index (χ2v) is 8.81. The lowest BCUT2D eigenvalue weighted by Crippen LogP contribution is -2.35. The SMILES string of the molecule is Cc1ccc(NC(=O)CSc2ccccc2C(=O)N2CC=C(c3ccccc3)CC2)cc1. The van der Waals surface area contributed by atoms with E-state index in [1.807, 2.05) is 78.6 Å². The van der Waals surface area contributed by atoms with Crippen LogP contribution in [-0.2, 0) is 4.79 Å². The van der Waals surface area contributed by atoms with Crippen molar-refractivity contribution < 1.29 is 9.59 Å². The fraction of sp³-hybridized carbons (Fsp3) is 0.185. The smallest absolute Gasteiger partial charge is 0.255 e. The topological polar surface area (TPSA) is 49.4 Å². The minimum atomic E-state index is -0.0884. The van der Waals surface area contributed by atoms with Crippen molar-refractivity contribution in [3.63, 3.8) is 0 Å². The number of hydrogen-bond donors (Lipinski definition) is 1. The Kier molecular flexibility index (Phi) is 7.07. The summed E-state index contributed by atoms with van der Waals surface area (Å²) in [5.74, 6) is 0.167. The zero-order chi connectivity index (χ0) is 22.3. The predicted octanol–water partition coefficient (Wildman–Crippen LogP) is 5.66. The summed E-state index contributed by atoms with van der Waals surface area (Å²) in [4.78, 5) is 28.3. The molecule has 4 rings (SSSR count). The first-order valence-electron chi connectivity index (χ1n) is 10.7. The number of hydrogen-bond acceptors (Lipinski definition) is 3. The number of amides is 2. The van der Waals surface area contributed by atoms with E-state index in [-0.39, 0.29) is 17.6 Å². The highest BCUT2D eigenvalue weighted by Gasteiger charge is 2.21. The molecule has 1 aliphatic rings. The van der Waals surface area contributed by atoms with E-state index in [4.69, 9.17) is 0 Å². The molecule has 0 radical (unpaired) electrons. The molecule has 0 atom stereocenters. The number of nitrogens with zero attached hydrogens (tertiary/aromatic N) is 1. The van der Waals surface area contributed by atoms with Gasteiger partial charge in [0, 0.05) is 23.7 Å². The first kappa shape index (κ1) is 21.9. The highest BCUT2D eigenvalue weighted by Crippen LogP contribution is 2.27. The van der Waals surface area contributed by atoms with Crippen molar-refractivity contribution >= 4 is 34.8 Å². The molecule has 0 unspecified atom stereocenters. The largest absolute Gasteiger partial charge is 0.335 e. The van der Waals surface area contributed by atoms with Gasteiger partial charge in [-0.1, -0.05) is 66.2 Å². The summed E-state index contributed by atoms with van der Waals surface area (Å²) in [5.41, 5.74) is 5.07. The van der Waals surface area contributed by atoms with Gasteiger partial charge < -0.3 is 10.2 Å². The molecule has 0 spiro atoms. The van der Waals surface area contributed by atoms with E-state index in [2.05, 4.69) is 23.5 Å². The van der Waals surface area contributed by atoms with Crippen molar-refractivity contribution in [2.75, 3.05) is 24.2 Å². The first-order chi connectivity index (χ1) is 15.6. The van der Waals surface area contributed by atoms with Gasteiger partial charge in [0.1, 0.15) is 0 Å². The van der Waals surface area contributed by atoms with E-state index in [1.54, 1.807) is 0 Å². The van der Waals surface area contributed by atoms with Gasteiger partial charge in [-0.05, 0) is 48.7 Å². The summed E-state index contributed by atoms with van der Waals surface area (Å²) in [6, 6.07) is 25.6. The number of carbonyl (C=O) groups excluding carboxylic acids is 2. The molecule has 5 heteroatoms. The molecule has 0 aliphatic carbocycles. The van der Waals surface area contributed by atoms with E-state index in [9.17, 15) is 9.59 Å². The number of thioether (sulfide) groups is 1. The molecule has 162 valence electrons. The third-order valence-electron chi connectivity index (χ3n) is 5.45. The Hall–Kier alpha value is -3.31. The maximum absolute atomic E-state index is 13.2. The van der Waals surface area contributed by atoms with Gasteiger partial charge >= 0.3 is 0 Å². The molecule has 2 amide bonds. The van der Waals surface area contributed by atoms with E-state index >= 15 is 0 Å². The molecule has 0 saturated heterocycles. The molecule has 3 aromatic carbocycles. The average Bonchev–Trinajstić information content (AvgIpc) is 2.84. The minimum absolute atomic E-state index is 0.00963. The molecule has 1 aliphatic heterocycles. The van der Waals surface area contributed by atoms with Crippen LogP contribution in [0.3, 0.4) is 0 Å². The van der Waals surface area contributed by atoms with Gasteiger partial charge in [0.25, 0.3) is 5.91 Å². The Bertz CT molecular complexity index is 1120. The molecule has 0 aromatic heterocycles. The van der Waals surface area contributed by atoms with Crippen molar-refractivity contribution in [3.8, 4) is 0 Å². The number of aryl methyl sites for hydroxylation is 1. The molecule has 1 heterocycles. The summed E-state index contributed by atoms with van der Waals surface area (Å²) in [7, 11) is 0. The third kappa shape index (κ3) is 5.48. The Morgan fingerprint density at radius 3 is 2.38 bits per heavy atom. The Morgan fingerprint density at radius 2 is 1.66 bits per heavy atom. The lowest BCUT2D eigenvalue weighted by molar-refractivity contribution is -0.113. The van der Waals surface area contributed by atoms with E-state index < -0.39 is 0 Å². The fourth-order valence-corrected chi connectivity index (χ4v) is 4.53. The molecule has 3 aromatic rings. The van der Waals surface area contributed by atoms with Crippen LogP contribution in [0.1, 0.15) is 27.9 Å². The standard InChI is InChI=1S/C27H26N2O2S/c1-20-11-13-23(14-12-20)28-26(30)19-32-25-10-6-5-9-24(25)27(31)29-17-15-22(16-18-29)21-7-3-2-4-8-21/h2-15H,16-19H2,1H3,(H,28,30). The van der Waals surface area contributed by atoms with Crippen LogP contribution >= 0.6 is 11.8 Å². The maximum Gasteiger partial charge on any atom is 0.255 e. The molecule has 4 nitrogen and oxygen atoms in total. The van der Waals surface area contributed by atoms with Gasteiger partial charge in [-0.25, -0.2) is 0 Å². The monoisotopic (exact) mass is 442 g/mol. The number of anilines is 1. The van der Waals surface area contributed by atoms with Gasteiger partial charge in [0.05, 0.1) is 11.3 Å². The van der Waals surface area contributed by atoms with Crippen molar-refractivity contribution in [1.82, 2.24) is 4.90 Å².